The van der Waals surface area contributed by atoms with E-state index in [1.54, 1.807) is 0 Å². The van der Waals surface area contributed by atoms with Crippen LogP contribution in [0.3, 0.4) is 0 Å². The van der Waals surface area contributed by atoms with Gasteiger partial charge in [-0.2, -0.15) is 0 Å². The average molecular weight is 765 g/mol. The maximum absolute atomic E-state index is 3.57. The summed E-state index contributed by atoms with van der Waals surface area (Å²) in [6.07, 6.45) is 0. The molecule has 0 aliphatic rings. The Bertz CT molecular complexity index is 338. The van der Waals surface area contributed by atoms with E-state index >= 15 is 0 Å². The second kappa shape index (κ2) is 8.63. The van der Waals surface area contributed by atoms with Crippen molar-refractivity contribution in [2.24, 2.45) is 0 Å². The quantitative estimate of drug-likeness (QED) is 0.269. The van der Waals surface area contributed by atoms with Crippen LogP contribution in [-0.4, -0.2) is 0 Å². The standard InChI is InChI=1S/C10H6Br8/c11-7(12)3-1-4(8(13)14)6(10(17)18)2-5(3)9(15)16/h1-2,7-10H. The van der Waals surface area contributed by atoms with Crippen LogP contribution in [0.1, 0.15) is 37.2 Å². The van der Waals surface area contributed by atoms with Crippen molar-refractivity contribution in [2.45, 2.75) is 14.9 Å². The van der Waals surface area contributed by atoms with Crippen LogP contribution in [0.25, 0.3) is 0 Å². The first kappa shape index (κ1) is 19.1. The van der Waals surface area contributed by atoms with Gasteiger partial charge in [0, 0.05) is 0 Å². The smallest absolute Gasteiger partial charge is 0.0712 e. The molecule has 0 bridgehead atoms. The van der Waals surface area contributed by atoms with Gasteiger partial charge < -0.3 is 0 Å². The fraction of sp³-hybridized carbons (Fsp3) is 0.400. The summed E-state index contributed by atoms with van der Waals surface area (Å²) >= 11 is 28.5. The molecule has 0 spiro atoms. The number of alkyl halides is 8. The number of hydrogen-bond acceptors (Lipinski definition) is 0. The lowest BCUT2D eigenvalue weighted by Gasteiger charge is -2.20. The predicted molar refractivity (Wildman–Crippen MR) is 109 cm³/mol. The Morgan fingerprint density at radius 2 is 0.611 bits per heavy atom. The van der Waals surface area contributed by atoms with Crippen LogP contribution in [0, 0.1) is 0 Å². The second-order valence-electron chi connectivity index (χ2n) is 3.31. The zero-order valence-corrected chi connectivity index (χ0v) is 21.2. The first-order valence-electron chi connectivity index (χ1n) is 4.56. The van der Waals surface area contributed by atoms with Crippen molar-refractivity contribution in [1.29, 1.82) is 0 Å². The molecule has 1 aromatic carbocycles. The van der Waals surface area contributed by atoms with Gasteiger partial charge in [-0.05, 0) is 22.3 Å². The molecule has 1 aromatic rings. The highest BCUT2D eigenvalue weighted by Crippen LogP contribution is 2.47. The summed E-state index contributed by atoms with van der Waals surface area (Å²) in [4.78, 5) is 0. The van der Waals surface area contributed by atoms with Crippen LogP contribution in [0.2, 0.25) is 0 Å². The number of halogens is 8. The molecule has 0 atom stereocenters. The van der Waals surface area contributed by atoms with E-state index < -0.39 is 0 Å². The molecular weight excluding hydrogens is 759 g/mol. The largest absolute Gasteiger partial charge is 0.0949 e. The molecule has 0 radical (unpaired) electrons. The third kappa shape index (κ3) is 5.06. The van der Waals surface area contributed by atoms with Gasteiger partial charge >= 0.3 is 0 Å². The van der Waals surface area contributed by atoms with E-state index in [9.17, 15) is 0 Å². The highest BCUT2D eigenvalue weighted by molar-refractivity contribution is 9.25. The summed E-state index contributed by atoms with van der Waals surface area (Å²) in [6.45, 7) is 0. The molecule has 0 fully saturated rings. The van der Waals surface area contributed by atoms with Gasteiger partial charge in [0.2, 0.25) is 0 Å². The van der Waals surface area contributed by atoms with E-state index in [1.165, 1.54) is 22.3 Å². The summed E-state index contributed by atoms with van der Waals surface area (Å²) in [5.41, 5.74) is 4.71. The highest BCUT2D eigenvalue weighted by Gasteiger charge is 2.22. The van der Waals surface area contributed by atoms with E-state index in [1.807, 2.05) is 0 Å². The molecule has 1 rings (SSSR count). The lowest BCUT2D eigenvalue weighted by molar-refractivity contribution is 1.19. The number of hydrogen-bond donors (Lipinski definition) is 0. The molecule has 18 heavy (non-hydrogen) atoms. The van der Waals surface area contributed by atoms with Gasteiger partial charge in [0.1, 0.15) is 0 Å². The molecule has 0 nitrogen and oxygen atoms in total. The number of rotatable bonds is 4. The van der Waals surface area contributed by atoms with Crippen LogP contribution in [0.5, 0.6) is 0 Å². The van der Waals surface area contributed by atoms with Crippen molar-refractivity contribution < 1.29 is 0 Å². The van der Waals surface area contributed by atoms with E-state index in [0.717, 1.165) is 0 Å². The van der Waals surface area contributed by atoms with Gasteiger partial charge in [0.25, 0.3) is 0 Å². The fourth-order valence-electron chi connectivity index (χ4n) is 1.42. The van der Waals surface area contributed by atoms with E-state index in [4.69, 9.17) is 0 Å². The molecule has 0 heterocycles. The van der Waals surface area contributed by atoms with Crippen LogP contribution >= 0.6 is 127 Å². The fourth-order valence-corrected chi connectivity index (χ4v) is 4.60. The van der Waals surface area contributed by atoms with Crippen LogP contribution < -0.4 is 0 Å². The van der Waals surface area contributed by atoms with Crippen molar-refractivity contribution in [1.82, 2.24) is 0 Å². The molecular formula is C10H6Br8. The molecule has 0 amide bonds. The van der Waals surface area contributed by atoms with Gasteiger partial charge in [0.05, 0.1) is 14.9 Å². The molecule has 0 N–H and O–H groups in total. The maximum Gasteiger partial charge on any atom is 0.0949 e. The van der Waals surface area contributed by atoms with Crippen LogP contribution in [0.15, 0.2) is 12.1 Å². The van der Waals surface area contributed by atoms with E-state index in [-0.39, 0.29) is 14.9 Å². The normalized spacial score (nSPS) is 12.2. The van der Waals surface area contributed by atoms with Gasteiger partial charge in [-0.15, -0.1) is 0 Å². The van der Waals surface area contributed by atoms with E-state index in [2.05, 4.69) is 140 Å². The van der Waals surface area contributed by atoms with E-state index in [0.29, 0.717) is 0 Å². The average Bonchev–Trinajstić information content (AvgIpc) is 2.26. The monoisotopic (exact) mass is 757 g/mol. The molecule has 0 aromatic heterocycles. The van der Waals surface area contributed by atoms with Crippen molar-refractivity contribution in [3.8, 4) is 0 Å². The van der Waals surface area contributed by atoms with Crippen LogP contribution in [0.4, 0.5) is 0 Å². The highest BCUT2D eigenvalue weighted by atomic mass is 79.9. The summed E-state index contributed by atoms with van der Waals surface area (Å²) in [5, 5.41) is 0. The Labute approximate surface area is 174 Å². The molecule has 0 saturated carbocycles. The molecule has 0 aliphatic carbocycles. The maximum atomic E-state index is 3.57. The van der Waals surface area contributed by atoms with Crippen molar-refractivity contribution in [2.75, 3.05) is 0 Å². The van der Waals surface area contributed by atoms with Gasteiger partial charge in [-0.25, -0.2) is 0 Å². The first-order chi connectivity index (χ1) is 8.25. The summed E-state index contributed by atoms with van der Waals surface area (Å²) in [6, 6.07) is 4.33. The topological polar surface area (TPSA) is 0 Å². The SMILES string of the molecule is BrC(Br)c1cc(C(Br)Br)c(C(Br)Br)cc1C(Br)Br. The Morgan fingerprint density at radius 3 is 0.722 bits per heavy atom. The summed E-state index contributed by atoms with van der Waals surface area (Å²) in [7, 11) is 0. The van der Waals surface area contributed by atoms with Crippen molar-refractivity contribution in [3.05, 3.63) is 34.4 Å². The zero-order chi connectivity index (χ0) is 14.0. The summed E-state index contributed by atoms with van der Waals surface area (Å²) < 4.78 is 0.419. The lowest BCUT2D eigenvalue weighted by atomic mass is 10.0. The Balaban J connectivity index is 3.50. The molecule has 0 saturated heterocycles. The minimum Gasteiger partial charge on any atom is -0.0712 e. The Kier molecular flexibility index (Phi) is 9.16. The lowest BCUT2D eigenvalue weighted by Crippen LogP contribution is -2.00. The third-order valence-electron chi connectivity index (χ3n) is 2.23. The molecule has 8 heteroatoms. The Morgan fingerprint density at radius 1 is 0.444 bits per heavy atom. The predicted octanol–water partition coefficient (Wildman–Crippen LogP) is 8.84. The van der Waals surface area contributed by atoms with Gasteiger partial charge in [-0.3, -0.25) is 0 Å². The number of benzene rings is 1. The zero-order valence-electron chi connectivity index (χ0n) is 8.49. The first-order valence-corrected chi connectivity index (χ1v) is 11.9. The second-order valence-corrected chi connectivity index (χ2v) is 15.6. The van der Waals surface area contributed by atoms with Gasteiger partial charge in [-0.1, -0.05) is 140 Å². The summed E-state index contributed by atoms with van der Waals surface area (Å²) in [5.74, 6) is 0. The minimum atomic E-state index is 0.105. The van der Waals surface area contributed by atoms with Crippen molar-refractivity contribution >= 4 is 127 Å². The molecule has 0 unspecified atom stereocenters. The minimum absolute atomic E-state index is 0.105. The van der Waals surface area contributed by atoms with Gasteiger partial charge in [0.15, 0.2) is 0 Å². The molecule has 102 valence electrons. The Hall–Kier alpha value is 3.06. The van der Waals surface area contributed by atoms with Crippen molar-refractivity contribution in [3.63, 3.8) is 0 Å². The third-order valence-corrected chi connectivity index (χ3v) is 6.18. The molecule has 0 aliphatic heterocycles. The van der Waals surface area contributed by atoms with Crippen LogP contribution in [-0.2, 0) is 0 Å².